The van der Waals surface area contributed by atoms with Crippen molar-refractivity contribution < 1.29 is 8.83 Å². The van der Waals surface area contributed by atoms with Crippen molar-refractivity contribution in [3.8, 4) is 45.3 Å². The highest BCUT2D eigenvalue weighted by molar-refractivity contribution is 6.12. The predicted octanol–water partition coefficient (Wildman–Crippen LogP) is 11.7. The number of aromatic nitrogens is 3. The second-order valence-corrected chi connectivity index (χ2v) is 12.7. The van der Waals surface area contributed by atoms with E-state index in [0.29, 0.717) is 17.5 Å². The maximum atomic E-state index is 6.72. The predicted molar refractivity (Wildman–Crippen MR) is 201 cm³/mol. The molecule has 3 aromatic heterocycles. The minimum absolute atomic E-state index is 0.0980. The molecule has 0 radical (unpaired) electrons. The van der Waals surface area contributed by atoms with Gasteiger partial charge in [0.25, 0.3) is 0 Å². The summed E-state index contributed by atoms with van der Waals surface area (Å²) >= 11 is 0. The van der Waals surface area contributed by atoms with Gasteiger partial charge in [-0.1, -0.05) is 140 Å². The monoisotopic (exact) mass is 643 g/mol. The minimum Gasteiger partial charge on any atom is -0.460 e. The third-order valence-corrected chi connectivity index (χ3v) is 9.73. The molecule has 0 fully saturated rings. The molecule has 236 valence electrons. The second-order valence-electron chi connectivity index (χ2n) is 12.7. The van der Waals surface area contributed by atoms with Crippen LogP contribution < -0.4 is 0 Å². The summed E-state index contributed by atoms with van der Waals surface area (Å²) in [4.78, 5) is 15.4. The fourth-order valence-corrected chi connectivity index (χ4v) is 7.35. The Morgan fingerprint density at radius 3 is 1.78 bits per heavy atom. The Labute approximate surface area is 288 Å². The molecule has 5 nitrogen and oxygen atoms in total. The van der Waals surface area contributed by atoms with Crippen LogP contribution in [0.15, 0.2) is 161 Å². The van der Waals surface area contributed by atoms with Crippen molar-refractivity contribution in [2.24, 2.45) is 0 Å². The molecule has 3 heterocycles. The number of rotatable bonds is 5. The molecule has 1 aliphatic carbocycles. The van der Waals surface area contributed by atoms with Crippen molar-refractivity contribution >= 4 is 39.0 Å². The first-order valence-electron chi connectivity index (χ1n) is 16.9. The van der Waals surface area contributed by atoms with Gasteiger partial charge in [-0.15, -0.1) is 0 Å². The Hall–Kier alpha value is -6.59. The largest absolute Gasteiger partial charge is 0.460 e. The maximum Gasteiger partial charge on any atom is 0.164 e. The summed E-state index contributed by atoms with van der Waals surface area (Å²) in [5.41, 5.74) is 9.88. The van der Waals surface area contributed by atoms with Gasteiger partial charge in [0.05, 0.1) is 0 Å². The summed E-state index contributed by atoms with van der Waals surface area (Å²) in [6, 6.07) is 49.8. The second kappa shape index (κ2) is 11.5. The zero-order chi connectivity index (χ0) is 33.0. The van der Waals surface area contributed by atoms with E-state index in [9.17, 15) is 0 Å². The van der Waals surface area contributed by atoms with Gasteiger partial charge in [-0.3, -0.25) is 0 Å². The molecule has 0 aliphatic heterocycles. The summed E-state index contributed by atoms with van der Waals surface area (Å²) in [5.74, 6) is 2.86. The van der Waals surface area contributed by atoms with E-state index < -0.39 is 0 Å². The van der Waals surface area contributed by atoms with Crippen molar-refractivity contribution in [1.82, 2.24) is 15.0 Å². The third-order valence-electron chi connectivity index (χ3n) is 9.73. The van der Waals surface area contributed by atoms with E-state index >= 15 is 0 Å². The number of nitrogens with zero attached hydrogens (tertiary/aromatic N) is 3. The van der Waals surface area contributed by atoms with E-state index in [1.54, 1.807) is 0 Å². The lowest BCUT2D eigenvalue weighted by Crippen LogP contribution is -2.04. The van der Waals surface area contributed by atoms with Crippen molar-refractivity contribution in [3.05, 3.63) is 169 Å². The highest BCUT2D eigenvalue weighted by atomic mass is 16.3. The Kier molecular flexibility index (Phi) is 6.56. The Balaban J connectivity index is 1.14. The van der Waals surface area contributed by atoms with Crippen LogP contribution in [0.5, 0.6) is 0 Å². The number of fused-ring (bicyclic) bond motifs is 6. The maximum absolute atomic E-state index is 6.72. The van der Waals surface area contributed by atoms with Gasteiger partial charge in [0.1, 0.15) is 22.5 Å². The summed E-state index contributed by atoms with van der Waals surface area (Å²) in [6.45, 7) is 0. The number of benzene rings is 6. The van der Waals surface area contributed by atoms with Crippen molar-refractivity contribution in [2.45, 2.75) is 12.3 Å². The van der Waals surface area contributed by atoms with Crippen LogP contribution in [0.1, 0.15) is 29.2 Å². The van der Waals surface area contributed by atoms with E-state index in [2.05, 4.69) is 78.9 Å². The van der Waals surface area contributed by atoms with E-state index in [-0.39, 0.29) is 5.92 Å². The van der Waals surface area contributed by atoms with Crippen LogP contribution in [0.2, 0.25) is 0 Å². The Morgan fingerprint density at radius 1 is 0.460 bits per heavy atom. The first-order valence-corrected chi connectivity index (χ1v) is 16.9. The fraction of sp³-hybridized carbons (Fsp3) is 0.0444. The molecule has 0 spiro atoms. The molecule has 1 atom stereocenters. The normalized spacial score (nSPS) is 14.0. The molecule has 6 aromatic carbocycles. The Morgan fingerprint density at radius 2 is 1.04 bits per heavy atom. The van der Waals surface area contributed by atoms with Crippen LogP contribution >= 0.6 is 0 Å². The zero-order valence-electron chi connectivity index (χ0n) is 27.0. The van der Waals surface area contributed by atoms with Gasteiger partial charge in [0.15, 0.2) is 17.5 Å². The average Bonchev–Trinajstić information content (AvgIpc) is 3.77. The van der Waals surface area contributed by atoms with Gasteiger partial charge in [-0.25, -0.2) is 15.0 Å². The Bertz CT molecular complexity index is 2720. The SMILES string of the molecule is C1=Cc2c(oc3cccc(-c4nc(-c5ccccc5)nc(-c5cccc6oc7ccccc7c56)n4)c23)C(c2ccc(-c3ccccc3)cc2)C1. The molecule has 0 saturated carbocycles. The molecular weight excluding hydrogens is 615 g/mol. The highest BCUT2D eigenvalue weighted by Crippen LogP contribution is 2.44. The van der Waals surface area contributed by atoms with Crippen molar-refractivity contribution in [2.75, 3.05) is 0 Å². The van der Waals surface area contributed by atoms with Gasteiger partial charge >= 0.3 is 0 Å². The summed E-state index contributed by atoms with van der Waals surface area (Å²) in [5, 5.41) is 3.02. The van der Waals surface area contributed by atoms with Gasteiger partial charge in [0.2, 0.25) is 0 Å². The smallest absolute Gasteiger partial charge is 0.164 e. The lowest BCUT2D eigenvalue weighted by Gasteiger charge is -2.18. The first-order chi connectivity index (χ1) is 24.8. The average molecular weight is 644 g/mol. The highest BCUT2D eigenvalue weighted by Gasteiger charge is 2.28. The van der Waals surface area contributed by atoms with E-state index in [4.69, 9.17) is 23.8 Å². The quantitative estimate of drug-likeness (QED) is 0.187. The van der Waals surface area contributed by atoms with Crippen LogP contribution in [0.4, 0.5) is 0 Å². The molecule has 0 saturated heterocycles. The number of allylic oxidation sites excluding steroid dienone is 1. The van der Waals surface area contributed by atoms with Crippen LogP contribution in [0.25, 0.3) is 84.3 Å². The van der Waals surface area contributed by atoms with Crippen LogP contribution in [0.3, 0.4) is 0 Å². The van der Waals surface area contributed by atoms with Crippen molar-refractivity contribution in [3.63, 3.8) is 0 Å². The van der Waals surface area contributed by atoms with Gasteiger partial charge in [-0.05, 0) is 41.3 Å². The molecule has 1 unspecified atom stereocenters. The number of hydrogen-bond acceptors (Lipinski definition) is 5. The molecule has 0 amide bonds. The topological polar surface area (TPSA) is 65.0 Å². The van der Waals surface area contributed by atoms with Crippen LogP contribution in [0, 0.1) is 0 Å². The number of furan rings is 2. The van der Waals surface area contributed by atoms with Crippen LogP contribution in [-0.4, -0.2) is 15.0 Å². The van der Waals surface area contributed by atoms with Gasteiger partial charge in [-0.2, -0.15) is 0 Å². The summed E-state index contributed by atoms with van der Waals surface area (Å²) in [6.07, 6.45) is 5.31. The zero-order valence-corrected chi connectivity index (χ0v) is 27.0. The summed E-state index contributed by atoms with van der Waals surface area (Å²) < 4.78 is 13.0. The molecule has 9 aromatic rings. The molecule has 50 heavy (non-hydrogen) atoms. The molecule has 10 rings (SSSR count). The lowest BCUT2D eigenvalue weighted by molar-refractivity contribution is 0.517. The number of para-hydroxylation sites is 1. The fourth-order valence-electron chi connectivity index (χ4n) is 7.35. The van der Waals surface area contributed by atoms with Gasteiger partial charge < -0.3 is 8.83 Å². The van der Waals surface area contributed by atoms with Gasteiger partial charge in [0, 0.05) is 44.3 Å². The first kappa shape index (κ1) is 28.4. The lowest BCUT2D eigenvalue weighted by atomic mass is 9.85. The summed E-state index contributed by atoms with van der Waals surface area (Å²) in [7, 11) is 0. The minimum atomic E-state index is 0.0980. The molecule has 0 N–H and O–H groups in total. The van der Waals surface area contributed by atoms with Crippen LogP contribution in [-0.2, 0) is 0 Å². The third kappa shape index (κ3) is 4.66. The van der Waals surface area contributed by atoms with E-state index in [1.165, 1.54) is 16.7 Å². The molecule has 1 aliphatic rings. The number of hydrogen-bond donors (Lipinski definition) is 0. The van der Waals surface area contributed by atoms with E-state index in [1.807, 2.05) is 78.9 Å². The molecule has 0 bridgehead atoms. The molecule has 5 heteroatoms. The molecular formula is C45H29N3O2. The van der Waals surface area contributed by atoms with Crippen molar-refractivity contribution in [1.29, 1.82) is 0 Å². The van der Waals surface area contributed by atoms with E-state index in [0.717, 1.165) is 67.3 Å². The standard InChI is InChI=1S/C45H29N3O2/c1-3-12-28(13-4-1)29-24-26-30(27-25-29)32-17-9-18-34-41-36(20-11-23-39(41)50-42(32)34)45-47-43(31-14-5-2-6-15-31)46-44(48-45)35-19-10-22-38-40(35)33-16-7-8-21-37(33)49-38/h1-16,18-27,32H,17H2.